The van der Waals surface area contributed by atoms with Crippen LogP contribution in [-0.2, 0) is 20.7 Å². The van der Waals surface area contributed by atoms with Gasteiger partial charge in [0.25, 0.3) is 5.91 Å². The molecule has 2 aromatic carbocycles. The molecule has 3 aromatic rings. The summed E-state index contributed by atoms with van der Waals surface area (Å²) in [7, 11) is 1.64. The number of methoxy groups -OCH3 is 1. The minimum Gasteiger partial charge on any atom is -0.497 e. The van der Waals surface area contributed by atoms with Crippen molar-refractivity contribution in [1.29, 1.82) is 0 Å². The van der Waals surface area contributed by atoms with E-state index in [1.165, 1.54) is 0 Å². The fourth-order valence-electron chi connectivity index (χ4n) is 4.61. The Balaban J connectivity index is 1.74. The van der Waals surface area contributed by atoms with Crippen molar-refractivity contribution in [3.63, 3.8) is 0 Å². The van der Waals surface area contributed by atoms with Gasteiger partial charge in [-0.05, 0) is 79.1 Å². The van der Waals surface area contributed by atoms with Gasteiger partial charge in [-0.3, -0.25) is 10.1 Å². The number of para-hydroxylation sites is 1. The number of fused-ring (bicyclic) bond motifs is 2. The highest BCUT2D eigenvalue weighted by atomic mass is 16.6. The van der Waals surface area contributed by atoms with Crippen molar-refractivity contribution in [2.45, 2.75) is 33.6 Å². The Morgan fingerprint density at radius 3 is 2.62 bits per heavy atom. The average Bonchev–Trinajstić information content (AvgIpc) is 2.87. The van der Waals surface area contributed by atoms with Crippen molar-refractivity contribution in [2.24, 2.45) is 5.92 Å². The first-order valence-electron chi connectivity index (χ1n) is 12.2. The Labute approximate surface area is 215 Å². The van der Waals surface area contributed by atoms with Crippen LogP contribution in [0, 0.1) is 12.8 Å². The second kappa shape index (κ2) is 11.2. The van der Waals surface area contributed by atoms with Gasteiger partial charge in [0, 0.05) is 5.39 Å². The summed E-state index contributed by atoms with van der Waals surface area (Å²) in [4.78, 5) is 41.9. The standard InChI is InChI=1S/C29H30N2O6/c1-5-36-29(34)31-25(32)16-37-28(33)26-22-8-6-7-9-24(22)30-27-20(12-17(2)13-23(26)27)15-19-10-11-21(35-4)14-18(19)3/h6-11,14-15,17H,5,12-13,16H2,1-4H3,(H,31,32,34)/b20-15-. The van der Waals surface area contributed by atoms with E-state index in [-0.39, 0.29) is 12.5 Å². The average molecular weight is 503 g/mol. The van der Waals surface area contributed by atoms with Crippen molar-refractivity contribution in [2.75, 3.05) is 20.3 Å². The number of rotatable bonds is 6. The van der Waals surface area contributed by atoms with E-state index in [9.17, 15) is 14.4 Å². The van der Waals surface area contributed by atoms with Crippen LogP contribution in [0.3, 0.4) is 0 Å². The molecule has 0 spiro atoms. The lowest BCUT2D eigenvalue weighted by atomic mass is 9.80. The number of amides is 2. The molecule has 0 radical (unpaired) electrons. The molecule has 1 unspecified atom stereocenters. The lowest BCUT2D eigenvalue weighted by molar-refractivity contribution is -0.123. The molecule has 0 aliphatic heterocycles. The number of carbonyl (C=O) groups excluding carboxylic acids is 3. The normalized spacial score (nSPS) is 15.7. The number of aromatic nitrogens is 1. The topological polar surface area (TPSA) is 104 Å². The molecule has 1 N–H and O–H groups in total. The summed E-state index contributed by atoms with van der Waals surface area (Å²) < 4.78 is 15.4. The molecule has 2 amide bonds. The summed E-state index contributed by atoms with van der Waals surface area (Å²) in [6, 6.07) is 13.3. The van der Waals surface area contributed by atoms with Crippen LogP contribution in [-0.4, -0.2) is 43.3 Å². The van der Waals surface area contributed by atoms with Crippen molar-refractivity contribution < 1.29 is 28.6 Å². The van der Waals surface area contributed by atoms with Crippen LogP contribution in [0.2, 0.25) is 0 Å². The molecule has 0 saturated heterocycles. The number of nitrogens with one attached hydrogen (secondary N) is 1. The number of benzene rings is 2. The maximum Gasteiger partial charge on any atom is 0.413 e. The van der Waals surface area contributed by atoms with Crippen molar-refractivity contribution >= 4 is 40.5 Å². The zero-order valence-electron chi connectivity index (χ0n) is 21.4. The Morgan fingerprint density at radius 2 is 1.89 bits per heavy atom. The molecular formula is C29H30N2O6. The van der Waals surface area contributed by atoms with Gasteiger partial charge in [-0.2, -0.15) is 0 Å². The highest BCUT2D eigenvalue weighted by molar-refractivity contribution is 6.07. The molecule has 4 rings (SSSR count). The number of carbonyl (C=O) groups is 3. The van der Waals surface area contributed by atoms with Gasteiger partial charge in [-0.15, -0.1) is 0 Å². The molecule has 8 nitrogen and oxygen atoms in total. The first kappa shape index (κ1) is 25.9. The summed E-state index contributed by atoms with van der Waals surface area (Å²) in [6.45, 7) is 5.31. The quantitative estimate of drug-likeness (QED) is 0.468. The lowest BCUT2D eigenvalue weighted by Gasteiger charge is -2.26. The first-order valence-corrected chi connectivity index (χ1v) is 12.2. The highest BCUT2D eigenvalue weighted by Gasteiger charge is 2.29. The molecule has 0 fully saturated rings. The zero-order chi connectivity index (χ0) is 26.5. The molecule has 8 heteroatoms. The molecule has 192 valence electrons. The molecule has 0 saturated carbocycles. The monoisotopic (exact) mass is 502 g/mol. The van der Waals surface area contributed by atoms with Gasteiger partial charge >= 0.3 is 12.1 Å². The van der Waals surface area contributed by atoms with Crippen LogP contribution in [0.5, 0.6) is 5.75 Å². The Kier molecular flexibility index (Phi) is 7.86. The summed E-state index contributed by atoms with van der Waals surface area (Å²) >= 11 is 0. The molecule has 1 atom stereocenters. The molecule has 0 bridgehead atoms. The summed E-state index contributed by atoms with van der Waals surface area (Å²) in [5.41, 5.74) is 5.76. The minimum atomic E-state index is -0.882. The molecule has 1 aliphatic rings. The second-order valence-corrected chi connectivity index (χ2v) is 9.08. The number of allylic oxidation sites excluding steroid dienone is 1. The first-order chi connectivity index (χ1) is 17.8. The zero-order valence-corrected chi connectivity index (χ0v) is 21.4. The van der Waals surface area contributed by atoms with Gasteiger partial charge in [-0.1, -0.05) is 31.2 Å². The summed E-state index contributed by atoms with van der Waals surface area (Å²) in [6.07, 6.45) is 2.69. The second-order valence-electron chi connectivity index (χ2n) is 9.08. The fourth-order valence-corrected chi connectivity index (χ4v) is 4.61. The molecule has 1 aliphatic carbocycles. The number of pyridine rings is 1. The van der Waals surface area contributed by atoms with E-state index >= 15 is 0 Å². The predicted molar refractivity (Wildman–Crippen MR) is 140 cm³/mol. The van der Waals surface area contributed by atoms with Crippen molar-refractivity contribution in [1.82, 2.24) is 10.3 Å². The van der Waals surface area contributed by atoms with E-state index in [1.807, 2.05) is 54.7 Å². The van der Waals surface area contributed by atoms with Crippen LogP contribution in [0.25, 0.3) is 22.6 Å². The van der Waals surface area contributed by atoms with E-state index in [2.05, 4.69) is 13.0 Å². The van der Waals surface area contributed by atoms with Gasteiger partial charge in [-0.25, -0.2) is 14.6 Å². The van der Waals surface area contributed by atoms with E-state index in [1.54, 1.807) is 14.0 Å². The van der Waals surface area contributed by atoms with Gasteiger partial charge in [0.05, 0.1) is 30.5 Å². The Hall–Kier alpha value is -4.20. The van der Waals surface area contributed by atoms with Crippen LogP contribution in [0.4, 0.5) is 4.79 Å². The number of imide groups is 1. The third-order valence-electron chi connectivity index (χ3n) is 6.28. The SMILES string of the molecule is CCOC(=O)NC(=O)COC(=O)c1c2c(nc3ccccc13)/C(=C\c1ccc(OC)cc1C)CC(C)C2. The van der Waals surface area contributed by atoms with Gasteiger partial charge in [0.15, 0.2) is 6.61 Å². The largest absolute Gasteiger partial charge is 0.497 e. The van der Waals surface area contributed by atoms with Crippen molar-refractivity contribution in [3.05, 3.63) is 70.4 Å². The van der Waals surface area contributed by atoms with Crippen LogP contribution >= 0.6 is 0 Å². The number of aryl methyl sites for hydroxylation is 1. The van der Waals surface area contributed by atoms with Crippen LogP contribution in [0.15, 0.2) is 42.5 Å². The smallest absolute Gasteiger partial charge is 0.413 e. The van der Waals surface area contributed by atoms with E-state index < -0.39 is 24.6 Å². The predicted octanol–water partition coefficient (Wildman–Crippen LogP) is 5.10. The fraction of sp³-hybridized carbons (Fsp3) is 0.310. The molecule has 1 heterocycles. The third-order valence-corrected chi connectivity index (χ3v) is 6.28. The number of hydrogen-bond acceptors (Lipinski definition) is 7. The van der Waals surface area contributed by atoms with Gasteiger partial charge in [0.1, 0.15) is 5.75 Å². The molecule has 37 heavy (non-hydrogen) atoms. The number of esters is 1. The van der Waals surface area contributed by atoms with E-state index in [0.29, 0.717) is 22.9 Å². The van der Waals surface area contributed by atoms with E-state index in [4.69, 9.17) is 19.2 Å². The van der Waals surface area contributed by atoms with Crippen LogP contribution < -0.4 is 10.1 Å². The van der Waals surface area contributed by atoms with Gasteiger partial charge in [0.2, 0.25) is 0 Å². The molecule has 1 aromatic heterocycles. The maximum atomic E-state index is 13.4. The minimum absolute atomic E-state index is 0.123. The number of ether oxygens (including phenoxy) is 3. The lowest BCUT2D eigenvalue weighted by Crippen LogP contribution is -2.34. The number of alkyl carbamates (subject to hydrolysis) is 1. The Bertz CT molecular complexity index is 1390. The Morgan fingerprint density at radius 1 is 1.11 bits per heavy atom. The highest BCUT2D eigenvalue weighted by Crippen LogP contribution is 2.39. The van der Waals surface area contributed by atoms with Crippen molar-refractivity contribution in [3.8, 4) is 5.75 Å². The number of hydrogen-bond donors (Lipinski definition) is 1. The third kappa shape index (κ3) is 5.80. The summed E-state index contributed by atoms with van der Waals surface area (Å²) in [5, 5.41) is 2.69. The van der Waals surface area contributed by atoms with Gasteiger partial charge < -0.3 is 14.2 Å². The number of nitrogens with zero attached hydrogens (tertiary/aromatic N) is 1. The van der Waals surface area contributed by atoms with E-state index in [0.717, 1.165) is 40.1 Å². The summed E-state index contributed by atoms with van der Waals surface area (Å²) in [5.74, 6) is -0.344. The molecular weight excluding hydrogens is 472 g/mol. The van der Waals surface area contributed by atoms with Crippen LogP contribution in [0.1, 0.15) is 53.0 Å². The maximum absolute atomic E-state index is 13.4.